The van der Waals surface area contributed by atoms with E-state index in [0.717, 1.165) is 37.8 Å². The summed E-state index contributed by atoms with van der Waals surface area (Å²) in [7, 11) is 0. The van der Waals surface area contributed by atoms with Crippen LogP contribution >= 0.6 is 11.6 Å². The van der Waals surface area contributed by atoms with Gasteiger partial charge in [-0.1, -0.05) is 31.5 Å². The molecule has 1 aromatic rings. The molecule has 1 heterocycles. The highest BCUT2D eigenvalue weighted by molar-refractivity contribution is 6.29. The number of hydrogen-bond donors (Lipinski definition) is 1. The van der Waals surface area contributed by atoms with E-state index in [-0.39, 0.29) is 40.5 Å². The molecule has 9 atom stereocenters. The Morgan fingerprint density at radius 3 is 2.42 bits per heavy atom. The van der Waals surface area contributed by atoms with Gasteiger partial charge in [0.15, 0.2) is 0 Å². The highest BCUT2D eigenvalue weighted by Crippen LogP contribution is 2.66. The van der Waals surface area contributed by atoms with Gasteiger partial charge in [0.1, 0.15) is 17.4 Å². The first-order chi connectivity index (χ1) is 15.5. The number of carbonyl (C=O) groups is 2. The first kappa shape index (κ1) is 23.1. The maximum absolute atomic E-state index is 12.3. The topological polar surface area (TPSA) is 85.7 Å². The Morgan fingerprint density at radius 2 is 1.73 bits per heavy atom. The van der Waals surface area contributed by atoms with Crippen LogP contribution in [0.1, 0.15) is 71.1 Å². The molecule has 180 valence electrons. The molecular formula is C26H34ClNO5. The monoisotopic (exact) mass is 475 g/mol. The largest absolute Gasteiger partial charge is 0.458 e. The molecule has 1 aromatic heterocycles. The molecule has 6 nitrogen and oxygen atoms in total. The predicted molar refractivity (Wildman–Crippen MR) is 123 cm³/mol. The number of esters is 2. The molecule has 0 saturated heterocycles. The Bertz CT molecular complexity index is 983. The van der Waals surface area contributed by atoms with Gasteiger partial charge in [-0.3, -0.25) is 9.59 Å². The van der Waals surface area contributed by atoms with Crippen molar-refractivity contribution in [3.63, 3.8) is 0 Å². The normalized spacial score (nSPS) is 43.5. The van der Waals surface area contributed by atoms with Gasteiger partial charge in [-0.2, -0.15) is 0 Å². The third-order valence-corrected chi connectivity index (χ3v) is 9.80. The lowest BCUT2D eigenvalue weighted by atomic mass is 9.43. The summed E-state index contributed by atoms with van der Waals surface area (Å²) in [4.78, 5) is 29.3. The van der Waals surface area contributed by atoms with Gasteiger partial charge >= 0.3 is 11.9 Å². The number of aromatic nitrogens is 1. The molecule has 4 aliphatic rings. The fourth-order valence-electron chi connectivity index (χ4n) is 8.22. The highest BCUT2D eigenvalue weighted by atomic mass is 35.5. The van der Waals surface area contributed by atoms with E-state index in [4.69, 9.17) is 26.1 Å². The van der Waals surface area contributed by atoms with Crippen LogP contribution in [0.25, 0.3) is 0 Å². The van der Waals surface area contributed by atoms with Crippen molar-refractivity contribution in [2.45, 2.75) is 89.9 Å². The molecule has 1 N–H and O–H groups in total. The van der Waals surface area contributed by atoms with Crippen molar-refractivity contribution < 1.29 is 24.2 Å². The van der Waals surface area contributed by atoms with Gasteiger partial charge in [0.05, 0.1) is 11.8 Å². The van der Waals surface area contributed by atoms with Crippen LogP contribution in [-0.2, 0) is 30.9 Å². The summed E-state index contributed by atoms with van der Waals surface area (Å²) in [6, 6.07) is 3.93. The van der Waals surface area contributed by atoms with Crippen LogP contribution in [0.2, 0.25) is 5.15 Å². The summed E-state index contributed by atoms with van der Waals surface area (Å²) in [6.07, 6.45) is 3.51. The van der Waals surface area contributed by atoms with Crippen molar-refractivity contribution >= 4 is 23.5 Å². The standard InChI is InChI=1S/C26H34ClNO5/c1-13(29)32-22-19-12-16(31)7-9-25(19,3)17-8-10-26(4)18(21(17)23(22)33-14(2)30)11-15-5-6-20(27)28-24(15)26/h5-6,16-19,21-23,31H,7-12H2,1-4H3/t16-,17-,18-,19+,21+,22+,23?,25+,26-/m0/s1. The number of pyridine rings is 1. The van der Waals surface area contributed by atoms with Crippen LogP contribution in [0.4, 0.5) is 0 Å². The molecule has 0 amide bonds. The third kappa shape index (κ3) is 3.51. The molecule has 0 bridgehead atoms. The van der Waals surface area contributed by atoms with Gasteiger partial charge in [0.2, 0.25) is 0 Å². The molecule has 0 aliphatic heterocycles. The Hall–Kier alpha value is -1.66. The molecule has 0 aromatic carbocycles. The van der Waals surface area contributed by atoms with Crippen LogP contribution in [0.5, 0.6) is 0 Å². The van der Waals surface area contributed by atoms with Gasteiger partial charge in [-0.15, -0.1) is 0 Å². The van der Waals surface area contributed by atoms with Crippen molar-refractivity contribution in [3.05, 3.63) is 28.5 Å². The Kier molecular flexibility index (Phi) is 5.56. The summed E-state index contributed by atoms with van der Waals surface area (Å²) in [5.41, 5.74) is 2.01. The van der Waals surface area contributed by atoms with Crippen LogP contribution in [-0.4, -0.2) is 40.3 Å². The summed E-state index contributed by atoms with van der Waals surface area (Å²) in [6.45, 7) is 7.42. The molecule has 3 fully saturated rings. The predicted octanol–water partition coefficient (Wildman–Crippen LogP) is 4.24. The number of ether oxygens (including phenoxy) is 2. The van der Waals surface area contributed by atoms with Crippen molar-refractivity contribution in [2.24, 2.45) is 29.1 Å². The van der Waals surface area contributed by atoms with E-state index in [2.05, 4.69) is 19.9 Å². The van der Waals surface area contributed by atoms with Crippen LogP contribution < -0.4 is 0 Å². The summed E-state index contributed by atoms with van der Waals surface area (Å²) < 4.78 is 12.0. The molecule has 5 rings (SSSR count). The molecule has 3 saturated carbocycles. The number of carbonyl (C=O) groups excluding carboxylic acids is 2. The van der Waals surface area contributed by atoms with Gasteiger partial charge in [0, 0.05) is 31.1 Å². The van der Waals surface area contributed by atoms with Crippen molar-refractivity contribution in [1.82, 2.24) is 4.98 Å². The van der Waals surface area contributed by atoms with E-state index in [1.54, 1.807) is 0 Å². The van der Waals surface area contributed by atoms with E-state index in [9.17, 15) is 14.7 Å². The molecule has 33 heavy (non-hydrogen) atoms. The number of aliphatic hydroxyl groups is 1. The van der Waals surface area contributed by atoms with Crippen molar-refractivity contribution in [1.29, 1.82) is 0 Å². The van der Waals surface area contributed by atoms with Gasteiger partial charge < -0.3 is 14.6 Å². The Balaban J connectivity index is 1.63. The smallest absolute Gasteiger partial charge is 0.303 e. The second-order valence-corrected chi connectivity index (χ2v) is 11.7. The lowest BCUT2D eigenvalue weighted by Crippen LogP contribution is -2.66. The van der Waals surface area contributed by atoms with E-state index >= 15 is 0 Å². The zero-order chi connectivity index (χ0) is 23.7. The molecule has 7 heteroatoms. The minimum Gasteiger partial charge on any atom is -0.458 e. The van der Waals surface area contributed by atoms with Gasteiger partial charge in [0.25, 0.3) is 0 Å². The number of fused-ring (bicyclic) bond motifs is 7. The van der Waals surface area contributed by atoms with Crippen molar-refractivity contribution in [2.75, 3.05) is 0 Å². The Morgan fingerprint density at radius 1 is 1.03 bits per heavy atom. The SMILES string of the molecule is CC(=O)OC1[C@@H]2[C@H](CC[C@]3(C)c4nc(Cl)ccc4C[C@@H]23)[C@@]2(C)CC[C@H](O)C[C@@H]2[C@H]1OC(C)=O. The fourth-order valence-corrected chi connectivity index (χ4v) is 8.37. The maximum atomic E-state index is 12.3. The Labute approximate surface area is 200 Å². The van der Waals surface area contributed by atoms with E-state index < -0.39 is 18.3 Å². The lowest BCUT2D eigenvalue weighted by molar-refractivity contribution is -0.235. The van der Waals surface area contributed by atoms with E-state index in [0.29, 0.717) is 17.5 Å². The zero-order valence-electron chi connectivity index (χ0n) is 19.8. The minimum atomic E-state index is -0.560. The molecular weight excluding hydrogens is 442 g/mol. The maximum Gasteiger partial charge on any atom is 0.303 e. The quantitative estimate of drug-likeness (QED) is 0.508. The van der Waals surface area contributed by atoms with Gasteiger partial charge in [-0.05, 0) is 67.4 Å². The van der Waals surface area contributed by atoms with Gasteiger partial charge in [-0.25, -0.2) is 4.98 Å². The number of aliphatic hydroxyl groups excluding tert-OH is 1. The molecule has 0 radical (unpaired) electrons. The molecule has 1 unspecified atom stereocenters. The summed E-state index contributed by atoms with van der Waals surface area (Å²) in [5, 5.41) is 11.0. The minimum absolute atomic E-state index is 0.0430. The van der Waals surface area contributed by atoms with E-state index in [1.165, 1.54) is 19.4 Å². The molecule has 0 spiro atoms. The first-order valence-corrected chi connectivity index (χ1v) is 12.6. The third-order valence-electron chi connectivity index (χ3n) is 9.59. The zero-order valence-corrected chi connectivity index (χ0v) is 20.6. The fraction of sp³-hybridized carbons (Fsp3) is 0.731. The van der Waals surface area contributed by atoms with E-state index in [1.807, 2.05) is 6.07 Å². The molecule has 4 aliphatic carbocycles. The number of rotatable bonds is 2. The highest BCUT2D eigenvalue weighted by Gasteiger charge is 2.66. The van der Waals surface area contributed by atoms with Crippen LogP contribution in [0.3, 0.4) is 0 Å². The average Bonchev–Trinajstić information content (AvgIpc) is 3.03. The number of nitrogens with zero attached hydrogens (tertiary/aromatic N) is 1. The van der Waals surface area contributed by atoms with Crippen molar-refractivity contribution in [3.8, 4) is 0 Å². The second kappa shape index (κ2) is 7.94. The second-order valence-electron chi connectivity index (χ2n) is 11.3. The first-order valence-electron chi connectivity index (χ1n) is 12.2. The van der Waals surface area contributed by atoms with Crippen LogP contribution in [0, 0.1) is 29.1 Å². The lowest BCUT2D eigenvalue weighted by Gasteiger charge is -2.63. The summed E-state index contributed by atoms with van der Waals surface area (Å²) in [5.74, 6) is -0.212. The number of hydrogen-bond acceptors (Lipinski definition) is 6. The summed E-state index contributed by atoms with van der Waals surface area (Å²) >= 11 is 6.30. The number of halogens is 1. The average molecular weight is 476 g/mol. The van der Waals surface area contributed by atoms with Crippen LogP contribution in [0.15, 0.2) is 12.1 Å².